The van der Waals surface area contributed by atoms with Gasteiger partial charge in [-0.2, -0.15) is 0 Å². The van der Waals surface area contributed by atoms with Crippen molar-refractivity contribution in [2.45, 2.75) is 12.5 Å². The molecule has 1 aromatic carbocycles. The molecular formula is C13H18Cl3FN2. The van der Waals surface area contributed by atoms with E-state index in [0.29, 0.717) is 16.5 Å². The number of nitrogens with zero attached hydrogens (tertiary/aromatic N) is 1. The Morgan fingerprint density at radius 2 is 1.95 bits per heavy atom. The van der Waals surface area contributed by atoms with Gasteiger partial charge in [-0.15, -0.1) is 12.4 Å². The summed E-state index contributed by atoms with van der Waals surface area (Å²) in [5, 5.41) is 4.54. The first-order valence-corrected chi connectivity index (χ1v) is 6.93. The lowest BCUT2D eigenvalue weighted by Gasteiger charge is -2.35. The molecule has 1 saturated heterocycles. The van der Waals surface area contributed by atoms with E-state index in [9.17, 15) is 4.39 Å². The van der Waals surface area contributed by atoms with Crippen molar-refractivity contribution in [3.8, 4) is 0 Å². The van der Waals surface area contributed by atoms with Crippen molar-refractivity contribution in [3.63, 3.8) is 0 Å². The predicted octanol–water partition coefficient (Wildman–Crippen LogP) is 3.72. The molecule has 0 radical (unpaired) electrons. The van der Waals surface area contributed by atoms with Crippen LogP contribution in [0.4, 0.5) is 4.39 Å². The van der Waals surface area contributed by atoms with Gasteiger partial charge in [0.2, 0.25) is 0 Å². The first kappa shape index (κ1) is 17.0. The number of piperazine rings is 1. The molecule has 108 valence electrons. The molecule has 0 amide bonds. The van der Waals surface area contributed by atoms with Gasteiger partial charge in [0.1, 0.15) is 0 Å². The maximum atomic E-state index is 12.8. The minimum atomic E-state index is -0.340. The first-order chi connectivity index (χ1) is 8.72. The number of nitrogens with one attached hydrogen (secondary N) is 1. The van der Waals surface area contributed by atoms with E-state index in [-0.39, 0.29) is 25.1 Å². The molecule has 1 aliphatic heterocycles. The molecule has 0 aliphatic carbocycles. The molecule has 1 aromatic rings. The standard InChI is InChI=1S/C13H17Cl2FN2.ClH/c14-10-1-2-11(12(15)9-10)13(3-4-16)18-7-5-17-6-8-18;/h1-2,9,13,17H,3-8H2;1H/t13-;/m0./s1. The molecule has 1 atom stereocenters. The van der Waals surface area contributed by atoms with Crippen LogP contribution in [0.1, 0.15) is 18.0 Å². The van der Waals surface area contributed by atoms with Crippen LogP contribution in [0.2, 0.25) is 10.0 Å². The van der Waals surface area contributed by atoms with Gasteiger partial charge in [-0.3, -0.25) is 9.29 Å². The fourth-order valence-electron chi connectivity index (χ4n) is 2.40. The van der Waals surface area contributed by atoms with Crippen LogP contribution < -0.4 is 5.32 Å². The van der Waals surface area contributed by atoms with Crippen molar-refractivity contribution in [1.29, 1.82) is 0 Å². The van der Waals surface area contributed by atoms with E-state index in [1.54, 1.807) is 6.07 Å². The molecule has 19 heavy (non-hydrogen) atoms. The smallest absolute Gasteiger partial charge is 0.0912 e. The van der Waals surface area contributed by atoms with Gasteiger partial charge < -0.3 is 5.32 Å². The van der Waals surface area contributed by atoms with Crippen molar-refractivity contribution in [2.75, 3.05) is 32.9 Å². The topological polar surface area (TPSA) is 15.3 Å². The minimum Gasteiger partial charge on any atom is -0.314 e. The Bertz CT molecular complexity index is 397. The molecule has 1 fully saturated rings. The summed E-state index contributed by atoms with van der Waals surface area (Å²) >= 11 is 12.1. The van der Waals surface area contributed by atoms with Crippen LogP contribution in [-0.4, -0.2) is 37.8 Å². The molecular weight excluding hydrogens is 310 g/mol. The van der Waals surface area contributed by atoms with E-state index < -0.39 is 0 Å². The molecule has 0 unspecified atom stereocenters. The van der Waals surface area contributed by atoms with Gasteiger partial charge in [0, 0.05) is 42.3 Å². The summed E-state index contributed by atoms with van der Waals surface area (Å²) in [5.41, 5.74) is 0.973. The van der Waals surface area contributed by atoms with Crippen LogP contribution >= 0.6 is 35.6 Å². The van der Waals surface area contributed by atoms with E-state index in [1.165, 1.54) is 0 Å². The normalized spacial score (nSPS) is 17.8. The van der Waals surface area contributed by atoms with Gasteiger partial charge >= 0.3 is 0 Å². The first-order valence-electron chi connectivity index (χ1n) is 6.18. The SMILES string of the molecule is Cl.FCC[C@@H](c1ccc(Cl)cc1Cl)N1CCNCC1. The van der Waals surface area contributed by atoms with Crippen LogP contribution in [-0.2, 0) is 0 Å². The summed E-state index contributed by atoms with van der Waals surface area (Å²) in [4.78, 5) is 2.28. The Balaban J connectivity index is 0.00000180. The maximum absolute atomic E-state index is 12.8. The fraction of sp³-hybridized carbons (Fsp3) is 0.538. The van der Waals surface area contributed by atoms with Gasteiger partial charge in [-0.1, -0.05) is 29.3 Å². The van der Waals surface area contributed by atoms with Crippen molar-refractivity contribution in [2.24, 2.45) is 0 Å². The highest BCUT2D eigenvalue weighted by atomic mass is 35.5. The molecule has 1 heterocycles. The third-order valence-electron chi connectivity index (χ3n) is 3.30. The second-order valence-electron chi connectivity index (χ2n) is 4.45. The van der Waals surface area contributed by atoms with Crippen LogP contribution in [0.25, 0.3) is 0 Å². The molecule has 2 nitrogen and oxygen atoms in total. The Morgan fingerprint density at radius 3 is 2.53 bits per heavy atom. The molecule has 0 spiro atoms. The molecule has 2 rings (SSSR count). The van der Waals surface area contributed by atoms with Gasteiger partial charge in [0.15, 0.2) is 0 Å². The predicted molar refractivity (Wildman–Crippen MR) is 81.5 cm³/mol. The summed E-state index contributed by atoms with van der Waals surface area (Å²) in [6.45, 7) is 3.38. The highest BCUT2D eigenvalue weighted by molar-refractivity contribution is 6.35. The largest absolute Gasteiger partial charge is 0.314 e. The number of benzene rings is 1. The zero-order chi connectivity index (χ0) is 13.0. The van der Waals surface area contributed by atoms with Gasteiger partial charge in [-0.05, 0) is 24.1 Å². The molecule has 0 aromatic heterocycles. The van der Waals surface area contributed by atoms with E-state index in [4.69, 9.17) is 23.2 Å². The highest BCUT2D eigenvalue weighted by Crippen LogP contribution is 2.32. The second kappa shape index (κ2) is 8.28. The number of halogens is 4. The number of hydrogen-bond donors (Lipinski definition) is 1. The monoisotopic (exact) mass is 326 g/mol. The number of rotatable bonds is 4. The van der Waals surface area contributed by atoms with Gasteiger partial charge in [0.25, 0.3) is 0 Å². The lowest BCUT2D eigenvalue weighted by atomic mass is 10.0. The van der Waals surface area contributed by atoms with Gasteiger partial charge in [0.05, 0.1) is 6.67 Å². The third kappa shape index (κ3) is 4.47. The van der Waals surface area contributed by atoms with Crippen LogP contribution in [0, 0.1) is 0 Å². The minimum absolute atomic E-state index is 0. The van der Waals surface area contributed by atoms with Crippen LogP contribution in [0.5, 0.6) is 0 Å². The average molecular weight is 328 g/mol. The van der Waals surface area contributed by atoms with E-state index in [0.717, 1.165) is 31.7 Å². The quantitative estimate of drug-likeness (QED) is 0.906. The Labute approximate surface area is 129 Å². The van der Waals surface area contributed by atoms with E-state index in [2.05, 4.69) is 10.2 Å². The van der Waals surface area contributed by atoms with Crippen molar-refractivity contribution >= 4 is 35.6 Å². The number of hydrogen-bond acceptors (Lipinski definition) is 2. The second-order valence-corrected chi connectivity index (χ2v) is 5.29. The Morgan fingerprint density at radius 1 is 1.26 bits per heavy atom. The lowest BCUT2D eigenvalue weighted by Crippen LogP contribution is -2.45. The van der Waals surface area contributed by atoms with E-state index in [1.807, 2.05) is 12.1 Å². The van der Waals surface area contributed by atoms with Crippen LogP contribution in [0.15, 0.2) is 18.2 Å². The number of alkyl halides is 1. The molecule has 1 N–H and O–H groups in total. The molecule has 6 heteroatoms. The lowest BCUT2D eigenvalue weighted by molar-refractivity contribution is 0.157. The molecule has 0 saturated carbocycles. The van der Waals surface area contributed by atoms with Crippen LogP contribution in [0.3, 0.4) is 0 Å². The van der Waals surface area contributed by atoms with E-state index >= 15 is 0 Å². The Kier molecular flexibility index (Phi) is 7.40. The Hall–Kier alpha value is -0.0600. The molecule has 1 aliphatic rings. The zero-order valence-electron chi connectivity index (χ0n) is 10.5. The highest BCUT2D eigenvalue weighted by Gasteiger charge is 2.23. The fourth-order valence-corrected chi connectivity index (χ4v) is 2.94. The summed E-state index contributed by atoms with van der Waals surface area (Å²) < 4.78 is 12.8. The van der Waals surface area contributed by atoms with Gasteiger partial charge in [-0.25, -0.2) is 0 Å². The maximum Gasteiger partial charge on any atom is 0.0912 e. The summed E-state index contributed by atoms with van der Waals surface area (Å²) in [6, 6.07) is 5.50. The summed E-state index contributed by atoms with van der Waals surface area (Å²) in [6.07, 6.45) is 0.474. The summed E-state index contributed by atoms with van der Waals surface area (Å²) in [7, 11) is 0. The molecule has 0 bridgehead atoms. The zero-order valence-corrected chi connectivity index (χ0v) is 12.9. The van der Waals surface area contributed by atoms with Crippen molar-refractivity contribution in [1.82, 2.24) is 10.2 Å². The van der Waals surface area contributed by atoms with Crippen molar-refractivity contribution < 1.29 is 4.39 Å². The third-order valence-corrected chi connectivity index (χ3v) is 3.86. The summed E-state index contributed by atoms with van der Waals surface area (Å²) in [5.74, 6) is 0. The average Bonchev–Trinajstić information content (AvgIpc) is 2.38. The van der Waals surface area contributed by atoms with Crippen molar-refractivity contribution in [3.05, 3.63) is 33.8 Å².